The van der Waals surface area contributed by atoms with Gasteiger partial charge in [-0.15, -0.1) is 0 Å². The Morgan fingerprint density at radius 2 is 1.69 bits per heavy atom. The highest BCUT2D eigenvalue weighted by atomic mass is 16.7. The molecule has 3 aromatic rings. The summed E-state index contributed by atoms with van der Waals surface area (Å²) in [6.45, 7) is 2.81. The summed E-state index contributed by atoms with van der Waals surface area (Å²) in [6, 6.07) is 16.2. The third kappa shape index (κ3) is 5.28. The fraction of sp³-hybridized carbons (Fsp3) is 0.452. The highest BCUT2D eigenvalue weighted by Crippen LogP contribution is 2.42. The van der Waals surface area contributed by atoms with Crippen molar-refractivity contribution in [3.8, 4) is 11.5 Å². The largest absolute Gasteiger partial charge is 0.489 e. The van der Waals surface area contributed by atoms with E-state index in [0.717, 1.165) is 66.0 Å². The Morgan fingerprint density at radius 3 is 2.47 bits per heavy atom. The van der Waals surface area contributed by atoms with E-state index in [0.29, 0.717) is 18.2 Å². The molecule has 1 aromatic heterocycles. The van der Waals surface area contributed by atoms with Crippen LogP contribution < -0.4 is 9.47 Å². The van der Waals surface area contributed by atoms with Crippen molar-refractivity contribution in [2.24, 2.45) is 0 Å². The van der Waals surface area contributed by atoms with Gasteiger partial charge in [-0.3, -0.25) is 4.98 Å². The number of pyridine rings is 1. The van der Waals surface area contributed by atoms with Gasteiger partial charge < -0.3 is 19.3 Å². The first-order valence-electron chi connectivity index (χ1n) is 13.3. The molecular formula is C31H37NO4. The van der Waals surface area contributed by atoms with E-state index in [1.807, 2.05) is 30.3 Å². The van der Waals surface area contributed by atoms with Gasteiger partial charge in [0.2, 0.25) is 0 Å². The smallest absolute Gasteiger partial charge is 0.188 e. The highest BCUT2D eigenvalue weighted by molar-refractivity contribution is 5.54. The number of nitrogens with zero attached hydrogens (tertiary/aromatic N) is 1. The molecule has 190 valence electrons. The van der Waals surface area contributed by atoms with Crippen molar-refractivity contribution >= 4 is 0 Å². The maximum atomic E-state index is 11.7. The molecule has 36 heavy (non-hydrogen) atoms. The van der Waals surface area contributed by atoms with Gasteiger partial charge in [-0.25, -0.2) is 0 Å². The van der Waals surface area contributed by atoms with Crippen molar-refractivity contribution in [1.29, 1.82) is 0 Å². The van der Waals surface area contributed by atoms with E-state index in [4.69, 9.17) is 19.2 Å². The summed E-state index contributed by atoms with van der Waals surface area (Å²) in [5, 5.41) is 11.7. The van der Waals surface area contributed by atoms with E-state index in [-0.39, 0.29) is 6.79 Å². The van der Waals surface area contributed by atoms with Crippen molar-refractivity contribution in [3.05, 3.63) is 87.7 Å². The maximum Gasteiger partial charge on any atom is 0.188 e. The molecule has 1 N–H and O–H groups in total. The molecule has 2 aliphatic carbocycles. The number of aryl methyl sites for hydroxylation is 1. The summed E-state index contributed by atoms with van der Waals surface area (Å²) in [6.07, 6.45) is 8.13. The lowest BCUT2D eigenvalue weighted by Gasteiger charge is -2.25. The molecule has 1 fully saturated rings. The predicted octanol–water partition coefficient (Wildman–Crippen LogP) is 6.57. The molecule has 5 nitrogen and oxygen atoms in total. The summed E-state index contributed by atoms with van der Waals surface area (Å²) in [5.41, 5.74) is 7.30. The average molecular weight is 488 g/mol. The highest BCUT2D eigenvalue weighted by Gasteiger charge is 2.28. The Labute approximate surface area is 214 Å². The van der Waals surface area contributed by atoms with E-state index in [1.54, 1.807) is 7.11 Å². The number of aliphatic hydroxyl groups excluding tert-OH is 1. The molecule has 1 heterocycles. The zero-order valence-corrected chi connectivity index (χ0v) is 21.5. The predicted molar refractivity (Wildman–Crippen MR) is 141 cm³/mol. The minimum Gasteiger partial charge on any atom is -0.489 e. The summed E-state index contributed by atoms with van der Waals surface area (Å²) in [7, 11) is 1.63. The number of methoxy groups -OCH3 is 1. The Morgan fingerprint density at radius 1 is 0.917 bits per heavy atom. The topological polar surface area (TPSA) is 60.8 Å². The minimum absolute atomic E-state index is 0.195. The lowest BCUT2D eigenvalue weighted by Crippen LogP contribution is -2.14. The normalized spacial score (nSPS) is 16.5. The van der Waals surface area contributed by atoms with Gasteiger partial charge in [-0.05, 0) is 85.0 Å². The van der Waals surface area contributed by atoms with Gasteiger partial charge in [0.1, 0.15) is 24.2 Å². The number of hydrogen-bond donors (Lipinski definition) is 1. The van der Waals surface area contributed by atoms with Crippen LogP contribution in [0.2, 0.25) is 0 Å². The lowest BCUT2D eigenvalue weighted by atomic mass is 9.86. The van der Waals surface area contributed by atoms with E-state index in [2.05, 4.69) is 25.1 Å². The fourth-order valence-corrected chi connectivity index (χ4v) is 5.85. The van der Waals surface area contributed by atoms with Crippen LogP contribution >= 0.6 is 0 Å². The van der Waals surface area contributed by atoms with Gasteiger partial charge in [0.05, 0.1) is 11.4 Å². The molecule has 0 aliphatic heterocycles. The third-order valence-electron chi connectivity index (χ3n) is 7.64. The van der Waals surface area contributed by atoms with Crippen molar-refractivity contribution in [1.82, 2.24) is 4.98 Å². The SMILES string of the molecule is COCOc1ccc(C(O)c2c(C)cc(OCc3ccccc3)c3c2CCC3)nc1C1CCCCC1. The molecule has 0 bridgehead atoms. The van der Waals surface area contributed by atoms with Gasteiger partial charge in [0.15, 0.2) is 6.79 Å². The van der Waals surface area contributed by atoms with Crippen LogP contribution in [0.5, 0.6) is 11.5 Å². The molecular weight excluding hydrogens is 450 g/mol. The third-order valence-corrected chi connectivity index (χ3v) is 7.64. The van der Waals surface area contributed by atoms with Crippen LogP contribution in [0.3, 0.4) is 0 Å². The van der Waals surface area contributed by atoms with Gasteiger partial charge >= 0.3 is 0 Å². The molecule has 2 aliphatic rings. The molecule has 1 unspecified atom stereocenters. The second-order valence-corrected chi connectivity index (χ2v) is 10.1. The monoisotopic (exact) mass is 487 g/mol. The Kier molecular flexibility index (Phi) is 7.88. The van der Waals surface area contributed by atoms with Crippen LogP contribution in [-0.2, 0) is 24.2 Å². The van der Waals surface area contributed by atoms with Gasteiger partial charge in [0, 0.05) is 13.0 Å². The molecule has 0 radical (unpaired) electrons. The van der Waals surface area contributed by atoms with Crippen LogP contribution in [0.1, 0.15) is 89.8 Å². The molecule has 0 saturated heterocycles. The molecule has 2 aromatic carbocycles. The molecule has 0 spiro atoms. The molecule has 0 amide bonds. The van der Waals surface area contributed by atoms with Crippen LogP contribution in [-0.4, -0.2) is 24.0 Å². The Hall–Kier alpha value is -2.89. The first kappa shape index (κ1) is 24.8. The summed E-state index contributed by atoms with van der Waals surface area (Å²) in [5.74, 6) is 2.07. The molecule has 1 saturated carbocycles. The van der Waals surface area contributed by atoms with E-state index in [1.165, 1.54) is 30.4 Å². The standard InChI is InChI=1S/C31H37NO4/c1-21-18-28(35-19-22-10-5-3-6-11-22)24-14-9-15-25(24)29(21)31(33)26-16-17-27(36-20-34-2)30(32-26)23-12-7-4-8-13-23/h3,5-6,10-11,16-18,23,31,33H,4,7-9,12-15,19-20H2,1-2H3. The second kappa shape index (κ2) is 11.4. The first-order chi connectivity index (χ1) is 17.7. The summed E-state index contributed by atoms with van der Waals surface area (Å²) < 4.78 is 17.3. The van der Waals surface area contributed by atoms with E-state index in [9.17, 15) is 5.11 Å². The Balaban J connectivity index is 1.45. The van der Waals surface area contributed by atoms with E-state index >= 15 is 0 Å². The number of aliphatic hydroxyl groups is 1. The summed E-state index contributed by atoms with van der Waals surface area (Å²) in [4.78, 5) is 5.03. The number of aromatic nitrogens is 1. The quantitative estimate of drug-likeness (QED) is 0.346. The number of rotatable bonds is 9. The fourth-order valence-electron chi connectivity index (χ4n) is 5.85. The number of benzene rings is 2. The van der Waals surface area contributed by atoms with Gasteiger partial charge in [-0.1, -0.05) is 49.6 Å². The van der Waals surface area contributed by atoms with Gasteiger partial charge in [-0.2, -0.15) is 0 Å². The number of hydrogen-bond acceptors (Lipinski definition) is 5. The molecule has 5 rings (SSSR count). The lowest BCUT2D eigenvalue weighted by molar-refractivity contribution is 0.0495. The van der Waals surface area contributed by atoms with Gasteiger partial charge in [0.25, 0.3) is 0 Å². The summed E-state index contributed by atoms with van der Waals surface area (Å²) >= 11 is 0. The molecule has 1 atom stereocenters. The van der Waals surface area contributed by atoms with Crippen molar-refractivity contribution in [2.75, 3.05) is 13.9 Å². The second-order valence-electron chi connectivity index (χ2n) is 10.1. The number of fused-ring (bicyclic) bond motifs is 1. The zero-order valence-electron chi connectivity index (χ0n) is 21.5. The minimum atomic E-state index is -0.779. The van der Waals surface area contributed by atoms with Crippen LogP contribution in [0.15, 0.2) is 48.5 Å². The molecule has 5 heteroatoms. The maximum absolute atomic E-state index is 11.7. The van der Waals surface area contributed by atoms with Crippen LogP contribution in [0.25, 0.3) is 0 Å². The van der Waals surface area contributed by atoms with Crippen molar-refractivity contribution in [3.63, 3.8) is 0 Å². The van der Waals surface area contributed by atoms with Crippen LogP contribution in [0.4, 0.5) is 0 Å². The van der Waals surface area contributed by atoms with Crippen molar-refractivity contribution in [2.45, 2.75) is 76.9 Å². The Bertz CT molecular complexity index is 1170. The average Bonchev–Trinajstić information content (AvgIpc) is 3.41. The zero-order chi connectivity index (χ0) is 24.9. The van der Waals surface area contributed by atoms with Crippen molar-refractivity contribution < 1.29 is 19.3 Å². The van der Waals surface area contributed by atoms with E-state index < -0.39 is 6.10 Å². The first-order valence-corrected chi connectivity index (χ1v) is 13.3. The van der Waals surface area contributed by atoms with Crippen LogP contribution in [0, 0.1) is 6.92 Å². The number of ether oxygens (including phenoxy) is 3.